The van der Waals surface area contributed by atoms with E-state index in [4.69, 9.17) is 32.7 Å². The Hall–Kier alpha value is -0.150. The molecule has 0 heterocycles. The number of carbonyl (C=O) groups is 1. The average molecular weight is 464 g/mol. The molecule has 8 atom stereocenters. The molecular weight excluding hydrogens is 419 g/mol. The van der Waals surface area contributed by atoms with Crippen molar-refractivity contribution >= 4 is 29.4 Å². The number of halogens is 2. The van der Waals surface area contributed by atoms with Gasteiger partial charge in [0, 0.05) is 11.8 Å². The average Bonchev–Trinajstić information content (AvgIpc) is 2.60. The molecule has 0 bridgehead atoms. The molecule has 2 aliphatic carbocycles. The van der Waals surface area contributed by atoms with Crippen molar-refractivity contribution in [3.05, 3.63) is 0 Å². The fourth-order valence-corrected chi connectivity index (χ4v) is 7.04. The number of carbonyl (C=O) groups excluding carboxylic acids is 1. The smallest absolute Gasteiger partial charge is 0.426 e. The molecule has 0 unspecified atom stereocenters. The van der Waals surface area contributed by atoms with Crippen LogP contribution in [0.4, 0.5) is 4.79 Å². The second-order valence-electron chi connectivity index (χ2n) is 11.1. The maximum atomic E-state index is 13.4. The van der Waals surface area contributed by atoms with E-state index in [0.717, 1.165) is 38.5 Å². The zero-order chi connectivity index (χ0) is 22.9. The summed E-state index contributed by atoms with van der Waals surface area (Å²) in [6.07, 6.45) is 5.29. The van der Waals surface area contributed by atoms with Crippen molar-refractivity contribution in [1.82, 2.24) is 0 Å². The quantitative estimate of drug-likeness (QED) is 0.295. The summed E-state index contributed by atoms with van der Waals surface area (Å²) in [6.45, 7) is 17.2. The topological polar surface area (TPSA) is 35.5 Å². The van der Waals surface area contributed by atoms with Gasteiger partial charge in [-0.25, -0.2) is 4.79 Å². The predicted octanol–water partition coefficient (Wildman–Crippen LogP) is 8.06. The summed E-state index contributed by atoms with van der Waals surface area (Å²) in [5, 5.41) is -0.563. The van der Waals surface area contributed by atoms with Gasteiger partial charge in [-0.2, -0.15) is 0 Å². The molecule has 0 aromatic rings. The first-order valence-corrected chi connectivity index (χ1v) is 12.9. The van der Waals surface area contributed by atoms with Crippen LogP contribution in [-0.2, 0) is 9.47 Å². The van der Waals surface area contributed by atoms with Crippen LogP contribution < -0.4 is 0 Å². The number of ether oxygens (including phenoxy) is 2. The molecule has 0 N–H and O–H groups in total. The Morgan fingerprint density at radius 1 is 0.733 bits per heavy atom. The molecule has 0 amide bonds. The van der Waals surface area contributed by atoms with E-state index in [0.29, 0.717) is 23.7 Å². The highest BCUT2D eigenvalue weighted by atomic mass is 35.5. The molecule has 5 heteroatoms. The molecule has 2 rings (SSSR count). The maximum Gasteiger partial charge on any atom is 0.509 e. The molecule has 0 aliphatic heterocycles. The Morgan fingerprint density at radius 3 is 1.33 bits per heavy atom. The van der Waals surface area contributed by atoms with Gasteiger partial charge < -0.3 is 9.47 Å². The fourth-order valence-electron chi connectivity index (χ4n) is 6.45. The minimum absolute atomic E-state index is 0.226. The molecule has 3 nitrogen and oxygen atoms in total. The third-order valence-electron chi connectivity index (χ3n) is 8.03. The summed E-state index contributed by atoms with van der Waals surface area (Å²) in [6, 6.07) is 0. The first-order chi connectivity index (χ1) is 13.9. The Bertz CT molecular complexity index is 529. The van der Waals surface area contributed by atoms with E-state index in [1.54, 1.807) is 0 Å². The van der Waals surface area contributed by atoms with Crippen molar-refractivity contribution < 1.29 is 14.3 Å². The molecule has 2 saturated carbocycles. The van der Waals surface area contributed by atoms with Crippen molar-refractivity contribution in [1.29, 1.82) is 0 Å². The Labute approximate surface area is 194 Å². The standard InChI is InChI=1S/C25H44Cl2O3/c1-15(2)21-11-9-17(5)13-24(21,19(7)26)29-23(28)30-25(20(8)27)14-18(6)10-12-22(25)16(3)4/h15-22H,9-14H2,1-8H3/t17-,18-,19+,20+,21+,22+,24+,25+/m1/s1. The molecule has 0 radical (unpaired) electrons. The molecule has 2 aliphatic rings. The van der Waals surface area contributed by atoms with Crippen molar-refractivity contribution in [3.63, 3.8) is 0 Å². The van der Waals surface area contributed by atoms with Crippen LogP contribution in [0.25, 0.3) is 0 Å². The van der Waals surface area contributed by atoms with E-state index in [2.05, 4.69) is 41.5 Å². The fraction of sp³-hybridized carbons (Fsp3) is 0.960. The maximum absolute atomic E-state index is 13.4. The van der Waals surface area contributed by atoms with E-state index >= 15 is 0 Å². The van der Waals surface area contributed by atoms with Gasteiger partial charge in [-0.15, -0.1) is 23.2 Å². The monoisotopic (exact) mass is 462 g/mol. The largest absolute Gasteiger partial charge is 0.509 e. The zero-order valence-electron chi connectivity index (χ0n) is 20.3. The SMILES string of the molecule is CC(C)[C@@H]1CC[C@@H](C)C[C@]1(OC(=O)O[C@]1([C@H](C)Cl)C[C@H](C)CC[C@H]1C(C)C)[C@H](C)Cl. The number of alkyl halides is 2. The summed E-state index contributed by atoms with van der Waals surface area (Å²) in [5.41, 5.74) is -1.40. The highest BCUT2D eigenvalue weighted by molar-refractivity contribution is 6.21. The van der Waals surface area contributed by atoms with Gasteiger partial charge in [0.25, 0.3) is 0 Å². The summed E-state index contributed by atoms with van der Waals surface area (Å²) < 4.78 is 12.5. The normalized spacial score (nSPS) is 39.6. The van der Waals surface area contributed by atoms with Crippen LogP contribution in [-0.4, -0.2) is 28.1 Å². The van der Waals surface area contributed by atoms with Crippen molar-refractivity contribution in [3.8, 4) is 0 Å². The number of rotatable bonds is 6. The van der Waals surface area contributed by atoms with Crippen LogP contribution in [0.2, 0.25) is 0 Å². The third-order valence-corrected chi connectivity index (χ3v) is 8.77. The lowest BCUT2D eigenvalue weighted by Crippen LogP contribution is -2.57. The van der Waals surface area contributed by atoms with Crippen LogP contribution in [0, 0.1) is 35.5 Å². The zero-order valence-corrected chi connectivity index (χ0v) is 21.9. The Kier molecular flexibility index (Phi) is 8.87. The second-order valence-corrected chi connectivity index (χ2v) is 12.4. The van der Waals surface area contributed by atoms with Gasteiger partial charge in [0.15, 0.2) is 0 Å². The highest BCUT2D eigenvalue weighted by Gasteiger charge is 2.54. The van der Waals surface area contributed by atoms with Gasteiger partial charge in [0.1, 0.15) is 11.2 Å². The van der Waals surface area contributed by atoms with Gasteiger partial charge in [0.05, 0.1) is 10.8 Å². The molecule has 0 spiro atoms. The molecular formula is C25H44Cl2O3. The summed E-state index contributed by atoms with van der Waals surface area (Å²) in [4.78, 5) is 13.4. The van der Waals surface area contributed by atoms with E-state index in [1.165, 1.54) is 0 Å². The highest BCUT2D eigenvalue weighted by Crippen LogP contribution is 2.50. The van der Waals surface area contributed by atoms with Crippen molar-refractivity contribution in [2.45, 2.75) is 116 Å². The lowest BCUT2D eigenvalue weighted by molar-refractivity contribution is -0.155. The Morgan fingerprint density at radius 2 is 1.07 bits per heavy atom. The lowest BCUT2D eigenvalue weighted by Gasteiger charge is -2.51. The van der Waals surface area contributed by atoms with Crippen LogP contribution in [0.1, 0.15) is 93.9 Å². The molecule has 0 saturated heterocycles. The molecule has 176 valence electrons. The lowest BCUT2D eigenvalue weighted by atomic mass is 9.65. The summed E-state index contributed by atoms with van der Waals surface area (Å²) >= 11 is 13.5. The van der Waals surface area contributed by atoms with Crippen LogP contribution in [0.5, 0.6) is 0 Å². The van der Waals surface area contributed by atoms with Gasteiger partial charge in [0.2, 0.25) is 0 Å². The second kappa shape index (κ2) is 10.2. The third kappa shape index (κ3) is 5.25. The molecule has 2 fully saturated rings. The predicted molar refractivity (Wildman–Crippen MR) is 126 cm³/mol. The van der Waals surface area contributed by atoms with Crippen LogP contribution >= 0.6 is 23.2 Å². The minimum atomic E-state index is -0.700. The van der Waals surface area contributed by atoms with E-state index < -0.39 is 17.4 Å². The van der Waals surface area contributed by atoms with Gasteiger partial charge in [-0.1, -0.05) is 54.4 Å². The van der Waals surface area contributed by atoms with Gasteiger partial charge in [-0.3, -0.25) is 0 Å². The van der Waals surface area contributed by atoms with Crippen molar-refractivity contribution in [2.24, 2.45) is 35.5 Å². The van der Waals surface area contributed by atoms with Crippen LogP contribution in [0.3, 0.4) is 0 Å². The molecule has 30 heavy (non-hydrogen) atoms. The molecule has 0 aromatic heterocycles. The summed E-state index contributed by atoms with van der Waals surface area (Å²) in [7, 11) is 0. The van der Waals surface area contributed by atoms with E-state index in [-0.39, 0.29) is 22.6 Å². The molecule has 0 aromatic carbocycles. The number of hydrogen-bond donors (Lipinski definition) is 0. The van der Waals surface area contributed by atoms with Gasteiger partial charge >= 0.3 is 6.16 Å². The van der Waals surface area contributed by atoms with Crippen LogP contribution in [0.15, 0.2) is 0 Å². The minimum Gasteiger partial charge on any atom is -0.426 e. The number of hydrogen-bond acceptors (Lipinski definition) is 3. The van der Waals surface area contributed by atoms with E-state index in [9.17, 15) is 4.79 Å². The van der Waals surface area contributed by atoms with Gasteiger partial charge in [-0.05, 0) is 63.2 Å². The summed E-state index contributed by atoms with van der Waals surface area (Å²) in [5.74, 6) is 2.14. The Balaban J connectivity index is 2.34. The van der Waals surface area contributed by atoms with Crippen molar-refractivity contribution in [2.75, 3.05) is 0 Å². The van der Waals surface area contributed by atoms with E-state index in [1.807, 2.05) is 13.8 Å². The first-order valence-electron chi connectivity index (χ1n) is 12.1. The first kappa shape index (κ1) is 26.1.